The van der Waals surface area contributed by atoms with Crippen molar-refractivity contribution in [1.29, 1.82) is 0 Å². The van der Waals surface area contributed by atoms with Gasteiger partial charge in [-0.3, -0.25) is 9.69 Å². The maximum Gasteiger partial charge on any atom is 0.255 e. The third kappa shape index (κ3) is 4.30. The summed E-state index contributed by atoms with van der Waals surface area (Å²) in [7, 11) is 0. The second kappa shape index (κ2) is 9.07. The third-order valence-electron chi connectivity index (χ3n) is 6.68. The van der Waals surface area contributed by atoms with Gasteiger partial charge in [0.1, 0.15) is 11.6 Å². The molecule has 2 saturated heterocycles. The van der Waals surface area contributed by atoms with E-state index in [0.29, 0.717) is 29.7 Å². The molecule has 3 aromatic rings. The van der Waals surface area contributed by atoms with Gasteiger partial charge < -0.3 is 15.3 Å². The van der Waals surface area contributed by atoms with Crippen molar-refractivity contribution >= 4 is 17.1 Å². The van der Waals surface area contributed by atoms with Crippen LogP contribution in [0, 0.1) is 11.6 Å². The van der Waals surface area contributed by atoms with Gasteiger partial charge in [-0.1, -0.05) is 0 Å². The number of nitrogens with zero attached hydrogens (tertiary/aromatic N) is 4. The Kier molecular flexibility index (Phi) is 5.99. The van der Waals surface area contributed by atoms with E-state index in [4.69, 9.17) is 5.11 Å². The zero-order chi connectivity index (χ0) is 22.9. The number of halogens is 2. The number of aromatic nitrogens is 2. The van der Waals surface area contributed by atoms with Crippen LogP contribution in [0.2, 0.25) is 0 Å². The number of hydrogen-bond acceptors (Lipinski definition) is 5. The molecule has 0 saturated carbocycles. The van der Waals surface area contributed by atoms with E-state index >= 15 is 0 Å². The number of pyridine rings is 1. The molecule has 0 aliphatic carbocycles. The molecule has 33 heavy (non-hydrogen) atoms. The molecule has 2 N–H and O–H groups in total. The van der Waals surface area contributed by atoms with Gasteiger partial charge >= 0.3 is 0 Å². The summed E-state index contributed by atoms with van der Waals surface area (Å²) in [6.45, 7) is 2.99. The minimum absolute atomic E-state index is 0.0288. The number of nitrogens with one attached hydrogen (secondary N) is 1. The standard InChI is InChI=1S/C24H27F2N5O2/c25-16-3-4-21(26)19(12-16)22-2-1-7-30(22)18-6-9-31-23(13-18)20(14-27-31)24(33)28-17-5-8-29(15-17)10-11-32/h3-4,6,9,12-14,17,22,32H,1-2,5,7-8,10-11,15H2,(H,28,33)/t17-,22+/m0/s1. The summed E-state index contributed by atoms with van der Waals surface area (Å²) in [5.74, 6) is -1.05. The van der Waals surface area contributed by atoms with Gasteiger partial charge in [-0.25, -0.2) is 13.3 Å². The number of anilines is 1. The van der Waals surface area contributed by atoms with Gasteiger partial charge in [0.15, 0.2) is 0 Å². The molecule has 1 aromatic carbocycles. The number of carbonyl (C=O) groups is 1. The molecule has 2 aliphatic rings. The molecule has 0 unspecified atom stereocenters. The van der Waals surface area contributed by atoms with Crippen LogP contribution in [0.4, 0.5) is 14.5 Å². The van der Waals surface area contributed by atoms with E-state index in [0.717, 1.165) is 44.1 Å². The molecule has 4 heterocycles. The predicted molar refractivity (Wildman–Crippen MR) is 120 cm³/mol. The van der Waals surface area contributed by atoms with Crippen LogP contribution in [0.5, 0.6) is 0 Å². The van der Waals surface area contributed by atoms with Crippen LogP contribution in [0.1, 0.15) is 41.2 Å². The quantitative estimate of drug-likeness (QED) is 0.598. The lowest BCUT2D eigenvalue weighted by molar-refractivity contribution is 0.0939. The van der Waals surface area contributed by atoms with Crippen LogP contribution in [-0.4, -0.2) is 64.4 Å². The van der Waals surface area contributed by atoms with E-state index in [9.17, 15) is 13.6 Å². The van der Waals surface area contributed by atoms with E-state index in [1.54, 1.807) is 16.9 Å². The first-order valence-electron chi connectivity index (χ1n) is 11.4. The Morgan fingerprint density at radius 1 is 1.18 bits per heavy atom. The lowest BCUT2D eigenvalue weighted by Crippen LogP contribution is -2.37. The maximum atomic E-state index is 14.5. The first kappa shape index (κ1) is 21.8. The molecular formula is C24H27F2N5O2. The molecule has 174 valence electrons. The summed E-state index contributed by atoms with van der Waals surface area (Å²) < 4.78 is 29.9. The molecule has 2 aromatic heterocycles. The van der Waals surface area contributed by atoms with E-state index in [-0.39, 0.29) is 24.6 Å². The second-order valence-corrected chi connectivity index (χ2v) is 8.77. The first-order chi connectivity index (χ1) is 16.0. The van der Waals surface area contributed by atoms with Crippen LogP contribution < -0.4 is 10.2 Å². The number of aliphatic hydroxyl groups is 1. The molecule has 2 aliphatic heterocycles. The highest BCUT2D eigenvalue weighted by atomic mass is 19.1. The molecule has 5 rings (SSSR count). The molecule has 0 bridgehead atoms. The van der Waals surface area contributed by atoms with E-state index in [1.165, 1.54) is 12.1 Å². The highest BCUT2D eigenvalue weighted by Gasteiger charge is 2.30. The average Bonchev–Trinajstić information content (AvgIpc) is 3.54. The zero-order valence-corrected chi connectivity index (χ0v) is 18.3. The molecular weight excluding hydrogens is 428 g/mol. The number of benzene rings is 1. The molecule has 2 atom stereocenters. The van der Waals surface area contributed by atoms with Gasteiger partial charge in [-0.2, -0.15) is 5.10 Å². The van der Waals surface area contributed by atoms with Crippen LogP contribution in [0.25, 0.3) is 5.52 Å². The summed E-state index contributed by atoms with van der Waals surface area (Å²) in [6, 6.07) is 7.13. The third-order valence-corrected chi connectivity index (χ3v) is 6.68. The summed E-state index contributed by atoms with van der Waals surface area (Å²) in [5, 5.41) is 16.5. The fourth-order valence-electron chi connectivity index (χ4n) is 5.05. The van der Waals surface area contributed by atoms with Crippen LogP contribution in [-0.2, 0) is 0 Å². The van der Waals surface area contributed by atoms with Gasteiger partial charge in [0.05, 0.1) is 29.9 Å². The van der Waals surface area contributed by atoms with Crippen molar-refractivity contribution in [3.63, 3.8) is 0 Å². The number of β-amino-alcohol motifs (C(OH)–C–C–N with tert-alkyl or cyclic N) is 1. The summed E-state index contributed by atoms with van der Waals surface area (Å²) in [6.07, 6.45) is 5.78. The number of carbonyl (C=O) groups excluding carboxylic acids is 1. The predicted octanol–water partition coefficient (Wildman–Crippen LogP) is 2.75. The molecule has 9 heteroatoms. The van der Waals surface area contributed by atoms with Crippen LogP contribution in [0.3, 0.4) is 0 Å². The normalized spacial score (nSPS) is 21.2. The fourth-order valence-corrected chi connectivity index (χ4v) is 5.05. The Labute approximate surface area is 190 Å². The lowest BCUT2D eigenvalue weighted by Gasteiger charge is -2.27. The van der Waals surface area contributed by atoms with Crippen molar-refractivity contribution in [2.45, 2.75) is 31.3 Å². The topological polar surface area (TPSA) is 73.1 Å². The second-order valence-electron chi connectivity index (χ2n) is 8.77. The zero-order valence-electron chi connectivity index (χ0n) is 18.3. The number of amides is 1. The number of rotatable bonds is 6. The van der Waals surface area contributed by atoms with Crippen molar-refractivity contribution in [2.75, 3.05) is 37.7 Å². The maximum absolute atomic E-state index is 14.5. The summed E-state index contributed by atoms with van der Waals surface area (Å²) in [5.41, 5.74) is 2.34. The van der Waals surface area contributed by atoms with Crippen LogP contribution in [0.15, 0.2) is 42.7 Å². The lowest BCUT2D eigenvalue weighted by atomic mass is 10.0. The number of aliphatic hydroxyl groups excluding tert-OH is 1. The van der Waals surface area contributed by atoms with Gasteiger partial charge in [0.25, 0.3) is 5.91 Å². The Bertz CT molecular complexity index is 1170. The van der Waals surface area contributed by atoms with Gasteiger partial charge in [0.2, 0.25) is 0 Å². The summed E-state index contributed by atoms with van der Waals surface area (Å²) in [4.78, 5) is 17.2. The largest absolute Gasteiger partial charge is 0.395 e. The van der Waals surface area contributed by atoms with Crippen molar-refractivity contribution in [3.05, 3.63) is 65.5 Å². The van der Waals surface area contributed by atoms with Gasteiger partial charge in [-0.05, 0) is 49.6 Å². The Morgan fingerprint density at radius 2 is 2.06 bits per heavy atom. The van der Waals surface area contributed by atoms with Gasteiger partial charge in [-0.15, -0.1) is 0 Å². The molecule has 2 fully saturated rings. The Morgan fingerprint density at radius 3 is 2.91 bits per heavy atom. The number of fused-ring (bicyclic) bond motifs is 1. The highest BCUT2D eigenvalue weighted by Crippen LogP contribution is 2.38. The molecule has 0 spiro atoms. The first-order valence-corrected chi connectivity index (χ1v) is 11.4. The summed E-state index contributed by atoms with van der Waals surface area (Å²) >= 11 is 0. The molecule has 1 amide bonds. The molecule has 7 nitrogen and oxygen atoms in total. The minimum Gasteiger partial charge on any atom is -0.395 e. The van der Waals surface area contributed by atoms with E-state index in [1.807, 2.05) is 12.1 Å². The smallest absolute Gasteiger partial charge is 0.255 e. The molecule has 0 radical (unpaired) electrons. The minimum atomic E-state index is -0.451. The van der Waals surface area contributed by atoms with Crippen molar-refractivity contribution in [3.8, 4) is 0 Å². The SMILES string of the molecule is O=C(N[C@H]1CCN(CCO)C1)c1cnn2ccc(N3CCC[C@@H]3c3cc(F)ccc3F)cc12. The number of hydrogen-bond donors (Lipinski definition) is 2. The van der Waals surface area contributed by atoms with Crippen LogP contribution >= 0.6 is 0 Å². The van der Waals surface area contributed by atoms with Crippen molar-refractivity contribution in [2.24, 2.45) is 0 Å². The van der Waals surface area contributed by atoms with Gasteiger partial charge in [0, 0.05) is 49.7 Å². The average molecular weight is 456 g/mol. The monoisotopic (exact) mass is 455 g/mol. The Balaban J connectivity index is 1.39. The number of likely N-dealkylation sites (tertiary alicyclic amines) is 1. The Hall–Kier alpha value is -3.04. The fraction of sp³-hybridized carbons (Fsp3) is 0.417. The van der Waals surface area contributed by atoms with E-state index in [2.05, 4.69) is 20.2 Å². The van der Waals surface area contributed by atoms with E-state index < -0.39 is 11.6 Å². The van der Waals surface area contributed by atoms with Crippen molar-refractivity contribution in [1.82, 2.24) is 19.8 Å². The van der Waals surface area contributed by atoms with Crippen molar-refractivity contribution < 1.29 is 18.7 Å². The highest BCUT2D eigenvalue weighted by molar-refractivity contribution is 6.01.